The average Bonchev–Trinajstić information content (AvgIpc) is 2.46. The molecule has 0 aliphatic heterocycles. The van der Waals surface area contributed by atoms with Crippen molar-refractivity contribution in [3.63, 3.8) is 0 Å². The molecule has 1 aliphatic rings. The Morgan fingerprint density at radius 1 is 1.35 bits per heavy atom. The summed E-state index contributed by atoms with van der Waals surface area (Å²) in [6.07, 6.45) is 4.92. The van der Waals surface area contributed by atoms with Gasteiger partial charge in [-0.2, -0.15) is 0 Å². The third-order valence-corrected chi connectivity index (χ3v) is 4.75. The van der Waals surface area contributed by atoms with Gasteiger partial charge in [-0.15, -0.1) is 0 Å². The van der Waals surface area contributed by atoms with Crippen LogP contribution in [-0.4, -0.2) is 24.1 Å². The summed E-state index contributed by atoms with van der Waals surface area (Å²) >= 11 is 3.50. The maximum Gasteiger partial charge on any atom is 0.172 e. The Bertz CT molecular complexity index is 496. The Labute approximate surface area is 128 Å². The summed E-state index contributed by atoms with van der Waals surface area (Å²) in [6, 6.07) is 6.35. The summed E-state index contributed by atoms with van der Waals surface area (Å²) in [6.45, 7) is 2.32. The Morgan fingerprint density at radius 3 is 2.60 bits per heavy atom. The van der Waals surface area contributed by atoms with E-state index in [1.54, 1.807) is 0 Å². The second-order valence-corrected chi connectivity index (χ2v) is 6.59. The van der Waals surface area contributed by atoms with Crippen LogP contribution in [-0.2, 0) is 0 Å². The van der Waals surface area contributed by atoms with E-state index < -0.39 is 0 Å². The van der Waals surface area contributed by atoms with Gasteiger partial charge in [-0.25, -0.2) is 0 Å². The summed E-state index contributed by atoms with van der Waals surface area (Å²) in [7, 11) is 2.09. The highest BCUT2D eigenvalue weighted by atomic mass is 79.9. The highest BCUT2D eigenvalue weighted by Gasteiger charge is 2.24. The second kappa shape index (κ2) is 6.48. The first-order chi connectivity index (χ1) is 9.52. The van der Waals surface area contributed by atoms with E-state index in [0.29, 0.717) is 6.04 Å². The first-order valence-electron chi connectivity index (χ1n) is 7.03. The predicted octanol–water partition coefficient (Wildman–Crippen LogP) is 3.56. The van der Waals surface area contributed by atoms with Crippen LogP contribution < -0.4 is 10.6 Å². The van der Waals surface area contributed by atoms with E-state index in [-0.39, 0.29) is 5.84 Å². The van der Waals surface area contributed by atoms with Crippen LogP contribution in [0.15, 0.2) is 27.8 Å². The van der Waals surface area contributed by atoms with E-state index in [2.05, 4.69) is 40.0 Å². The number of amidine groups is 1. The molecule has 5 heteroatoms. The minimum Gasteiger partial charge on any atom is -0.409 e. The van der Waals surface area contributed by atoms with Gasteiger partial charge in [-0.05, 0) is 49.8 Å². The first-order valence-corrected chi connectivity index (χ1v) is 7.82. The Kier molecular flexibility index (Phi) is 4.91. The van der Waals surface area contributed by atoms with Crippen LogP contribution in [0, 0.1) is 5.92 Å². The fourth-order valence-corrected chi connectivity index (χ4v) is 3.24. The Hall–Kier alpha value is -1.23. The van der Waals surface area contributed by atoms with Gasteiger partial charge in [-0.1, -0.05) is 28.0 Å². The van der Waals surface area contributed by atoms with Crippen LogP contribution in [0.25, 0.3) is 0 Å². The van der Waals surface area contributed by atoms with Gasteiger partial charge in [0.1, 0.15) is 0 Å². The SMILES string of the molecule is CC1CCC(N(C)c2cc(Br)ccc2/C(N)=N/O)CC1. The third kappa shape index (κ3) is 3.26. The molecule has 0 aromatic heterocycles. The number of anilines is 1. The van der Waals surface area contributed by atoms with Gasteiger partial charge >= 0.3 is 0 Å². The molecule has 110 valence electrons. The highest BCUT2D eigenvalue weighted by molar-refractivity contribution is 9.10. The van der Waals surface area contributed by atoms with Gasteiger partial charge in [0.15, 0.2) is 5.84 Å². The molecule has 0 bridgehead atoms. The summed E-state index contributed by atoms with van der Waals surface area (Å²) in [5.41, 5.74) is 7.58. The van der Waals surface area contributed by atoms with Crippen molar-refractivity contribution in [1.82, 2.24) is 0 Å². The number of nitrogens with two attached hydrogens (primary N) is 1. The number of hydrogen-bond donors (Lipinski definition) is 2. The molecule has 0 spiro atoms. The predicted molar refractivity (Wildman–Crippen MR) is 86.5 cm³/mol. The molecule has 0 radical (unpaired) electrons. The van der Waals surface area contributed by atoms with Crippen LogP contribution in [0.5, 0.6) is 0 Å². The summed E-state index contributed by atoms with van der Waals surface area (Å²) < 4.78 is 0.998. The summed E-state index contributed by atoms with van der Waals surface area (Å²) in [5, 5.41) is 12.1. The van der Waals surface area contributed by atoms with E-state index in [1.165, 1.54) is 25.7 Å². The van der Waals surface area contributed by atoms with E-state index >= 15 is 0 Å². The number of hydrogen-bond acceptors (Lipinski definition) is 3. The van der Waals surface area contributed by atoms with Gasteiger partial charge in [-0.3, -0.25) is 0 Å². The first kappa shape index (κ1) is 15.2. The normalized spacial score (nSPS) is 23.6. The molecule has 1 fully saturated rings. The number of nitrogens with zero attached hydrogens (tertiary/aromatic N) is 2. The van der Waals surface area contributed by atoms with Crippen LogP contribution in [0.2, 0.25) is 0 Å². The van der Waals surface area contributed by atoms with E-state index in [0.717, 1.165) is 21.6 Å². The van der Waals surface area contributed by atoms with Gasteiger partial charge in [0.2, 0.25) is 0 Å². The molecule has 20 heavy (non-hydrogen) atoms. The standard InChI is InChI=1S/C15H22BrN3O/c1-10-3-6-12(7-4-10)19(2)14-9-11(16)5-8-13(14)15(17)18-20/h5,8-10,12,20H,3-4,6-7H2,1-2H3,(H2,17,18). The van der Waals surface area contributed by atoms with Gasteiger partial charge in [0.05, 0.1) is 0 Å². The fraction of sp³-hybridized carbons (Fsp3) is 0.533. The monoisotopic (exact) mass is 339 g/mol. The lowest BCUT2D eigenvalue weighted by Gasteiger charge is -2.36. The van der Waals surface area contributed by atoms with Crippen molar-refractivity contribution >= 4 is 27.5 Å². The topological polar surface area (TPSA) is 61.8 Å². The van der Waals surface area contributed by atoms with Crippen molar-refractivity contribution in [1.29, 1.82) is 0 Å². The molecule has 3 N–H and O–H groups in total. The molecule has 0 amide bonds. The largest absolute Gasteiger partial charge is 0.409 e. The number of oxime groups is 1. The van der Waals surface area contributed by atoms with Crippen molar-refractivity contribution in [3.05, 3.63) is 28.2 Å². The summed E-state index contributed by atoms with van der Waals surface area (Å²) in [4.78, 5) is 2.27. The van der Waals surface area contributed by atoms with Crippen LogP contribution in [0.4, 0.5) is 5.69 Å². The van der Waals surface area contributed by atoms with Crippen LogP contribution in [0.1, 0.15) is 38.2 Å². The molecular formula is C15H22BrN3O. The molecule has 2 rings (SSSR count). The Balaban J connectivity index is 2.28. The molecule has 0 saturated heterocycles. The van der Waals surface area contributed by atoms with Crippen molar-refractivity contribution in [3.8, 4) is 0 Å². The van der Waals surface area contributed by atoms with Crippen molar-refractivity contribution in [2.45, 2.75) is 38.6 Å². The molecule has 1 saturated carbocycles. The van der Waals surface area contributed by atoms with Gasteiger partial charge in [0.25, 0.3) is 0 Å². The minimum absolute atomic E-state index is 0.156. The molecule has 1 aliphatic carbocycles. The molecule has 1 aromatic carbocycles. The number of benzene rings is 1. The number of rotatable bonds is 3. The van der Waals surface area contributed by atoms with Crippen LogP contribution in [0.3, 0.4) is 0 Å². The molecule has 0 heterocycles. The minimum atomic E-state index is 0.156. The van der Waals surface area contributed by atoms with E-state index in [4.69, 9.17) is 10.9 Å². The lowest BCUT2D eigenvalue weighted by atomic mass is 9.86. The third-order valence-electron chi connectivity index (χ3n) is 4.26. The van der Waals surface area contributed by atoms with Gasteiger partial charge < -0.3 is 15.8 Å². The second-order valence-electron chi connectivity index (χ2n) is 5.67. The van der Waals surface area contributed by atoms with Crippen molar-refractivity contribution in [2.75, 3.05) is 11.9 Å². The molecular weight excluding hydrogens is 318 g/mol. The Morgan fingerprint density at radius 2 is 2.00 bits per heavy atom. The van der Waals surface area contributed by atoms with Gasteiger partial charge in [0, 0.05) is 28.8 Å². The zero-order valence-corrected chi connectivity index (χ0v) is 13.6. The molecule has 1 aromatic rings. The van der Waals surface area contributed by atoms with Crippen LogP contribution >= 0.6 is 15.9 Å². The lowest BCUT2D eigenvalue weighted by molar-refractivity contribution is 0.318. The zero-order valence-electron chi connectivity index (χ0n) is 12.0. The van der Waals surface area contributed by atoms with Crippen molar-refractivity contribution < 1.29 is 5.21 Å². The van der Waals surface area contributed by atoms with Crippen molar-refractivity contribution in [2.24, 2.45) is 16.8 Å². The average molecular weight is 340 g/mol. The maximum absolute atomic E-state index is 8.94. The maximum atomic E-state index is 8.94. The lowest BCUT2D eigenvalue weighted by Crippen LogP contribution is -2.36. The quantitative estimate of drug-likeness (QED) is 0.383. The molecule has 0 unspecified atom stereocenters. The van der Waals surface area contributed by atoms with E-state index in [9.17, 15) is 0 Å². The number of halogens is 1. The highest BCUT2D eigenvalue weighted by Crippen LogP contribution is 2.32. The summed E-state index contributed by atoms with van der Waals surface area (Å²) in [5.74, 6) is 0.981. The van der Waals surface area contributed by atoms with E-state index in [1.807, 2.05) is 18.2 Å². The molecule has 0 atom stereocenters. The molecule has 4 nitrogen and oxygen atoms in total. The fourth-order valence-electron chi connectivity index (χ4n) is 2.89. The smallest absolute Gasteiger partial charge is 0.172 e. The zero-order chi connectivity index (χ0) is 14.7.